The van der Waals surface area contributed by atoms with Crippen LogP contribution in [0.1, 0.15) is 61.6 Å². The predicted molar refractivity (Wildman–Crippen MR) is 91.2 cm³/mol. The number of aliphatic hydroxyl groups is 1. The summed E-state index contributed by atoms with van der Waals surface area (Å²) in [5, 5.41) is 20.9. The first-order valence-corrected chi connectivity index (χ1v) is 8.92. The average molecular weight is 310 g/mol. The number of phenolic OH excluding ortho intramolecular Hbond substituents is 1. The maximum atomic E-state index is 11.0. The van der Waals surface area contributed by atoms with Crippen LogP contribution in [0.2, 0.25) is 0 Å². The van der Waals surface area contributed by atoms with Gasteiger partial charge in [-0.05, 0) is 92.0 Å². The summed E-state index contributed by atoms with van der Waals surface area (Å²) < 4.78 is 0. The van der Waals surface area contributed by atoms with Crippen molar-refractivity contribution in [2.24, 2.45) is 17.3 Å². The van der Waals surface area contributed by atoms with E-state index in [0.29, 0.717) is 23.5 Å². The SMILES string of the molecule is C#C[C@@]1(O)CC[C@H]2[C@@H]3CCc4cc(O)cc(C)c4[C@@H]3CC[C@]21C. The summed E-state index contributed by atoms with van der Waals surface area (Å²) in [7, 11) is 0. The molecule has 0 aliphatic heterocycles. The van der Waals surface area contributed by atoms with E-state index in [0.717, 1.165) is 38.5 Å². The molecule has 122 valence electrons. The van der Waals surface area contributed by atoms with E-state index in [2.05, 4.69) is 19.8 Å². The number of phenols is 1. The van der Waals surface area contributed by atoms with Crippen molar-refractivity contribution < 1.29 is 10.2 Å². The fourth-order valence-corrected chi connectivity index (χ4v) is 6.21. The highest BCUT2D eigenvalue weighted by molar-refractivity contribution is 5.46. The number of hydrogen-bond acceptors (Lipinski definition) is 2. The largest absolute Gasteiger partial charge is 0.508 e. The Kier molecular flexibility index (Phi) is 3.13. The number of aromatic hydroxyl groups is 1. The summed E-state index contributed by atoms with van der Waals surface area (Å²) in [6, 6.07) is 3.86. The highest BCUT2D eigenvalue weighted by Gasteiger charge is 2.61. The van der Waals surface area contributed by atoms with E-state index in [1.165, 1.54) is 16.7 Å². The van der Waals surface area contributed by atoms with Gasteiger partial charge in [-0.15, -0.1) is 6.42 Å². The number of benzene rings is 1. The maximum Gasteiger partial charge on any atom is 0.130 e. The fourth-order valence-electron chi connectivity index (χ4n) is 6.21. The molecule has 0 heterocycles. The van der Waals surface area contributed by atoms with Gasteiger partial charge in [-0.3, -0.25) is 0 Å². The van der Waals surface area contributed by atoms with Crippen LogP contribution in [0.3, 0.4) is 0 Å². The third kappa shape index (κ3) is 1.86. The molecule has 1 aromatic carbocycles. The van der Waals surface area contributed by atoms with Gasteiger partial charge in [0.25, 0.3) is 0 Å². The summed E-state index contributed by atoms with van der Waals surface area (Å²) in [6.45, 7) is 4.35. The zero-order valence-corrected chi connectivity index (χ0v) is 14.1. The molecule has 0 amide bonds. The van der Waals surface area contributed by atoms with Crippen LogP contribution in [0, 0.1) is 36.5 Å². The van der Waals surface area contributed by atoms with E-state index in [4.69, 9.17) is 6.42 Å². The minimum Gasteiger partial charge on any atom is -0.508 e. The third-order valence-corrected chi connectivity index (χ3v) is 7.40. The Labute approximate surface area is 138 Å². The van der Waals surface area contributed by atoms with E-state index >= 15 is 0 Å². The molecule has 0 spiro atoms. The first kappa shape index (κ1) is 15.1. The first-order valence-electron chi connectivity index (χ1n) is 8.92. The van der Waals surface area contributed by atoms with Crippen molar-refractivity contribution in [1.29, 1.82) is 0 Å². The number of aryl methyl sites for hydroxylation is 2. The molecule has 2 nitrogen and oxygen atoms in total. The topological polar surface area (TPSA) is 40.5 Å². The Bertz CT molecular complexity index is 701. The van der Waals surface area contributed by atoms with Crippen molar-refractivity contribution in [3.63, 3.8) is 0 Å². The second-order valence-electron chi connectivity index (χ2n) is 8.25. The summed E-state index contributed by atoms with van der Waals surface area (Å²) in [4.78, 5) is 0. The van der Waals surface area contributed by atoms with E-state index < -0.39 is 5.60 Å². The molecule has 0 aromatic heterocycles. The lowest BCUT2D eigenvalue weighted by Gasteiger charge is -2.52. The van der Waals surface area contributed by atoms with E-state index in [1.54, 1.807) is 0 Å². The van der Waals surface area contributed by atoms with Crippen molar-refractivity contribution in [2.75, 3.05) is 0 Å². The minimum absolute atomic E-state index is 0.134. The summed E-state index contributed by atoms with van der Waals surface area (Å²) in [5.74, 6) is 4.83. The monoisotopic (exact) mass is 310 g/mol. The van der Waals surface area contributed by atoms with Gasteiger partial charge in [0.05, 0.1) is 0 Å². The third-order valence-electron chi connectivity index (χ3n) is 7.40. The second-order valence-corrected chi connectivity index (χ2v) is 8.25. The Hall–Kier alpha value is -1.46. The van der Waals surface area contributed by atoms with Crippen molar-refractivity contribution in [3.8, 4) is 18.1 Å². The Morgan fingerprint density at radius 3 is 2.74 bits per heavy atom. The Morgan fingerprint density at radius 2 is 2.00 bits per heavy atom. The van der Waals surface area contributed by atoms with Gasteiger partial charge >= 0.3 is 0 Å². The summed E-state index contributed by atoms with van der Waals surface area (Å²) in [5.41, 5.74) is 2.97. The lowest BCUT2D eigenvalue weighted by Crippen LogP contribution is -2.50. The molecule has 2 fully saturated rings. The van der Waals surface area contributed by atoms with Crippen LogP contribution in [0.25, 0.3) is 0 Å². The molecule has 2 N–H and O–H groups in total. The van der Waals surface area contributed by atoms with Gasteiger partial charge in [0.2, 0.25) is 0 Å². The molecule has 3 aliphatic carbocycles. The molecule has 0 unspecified atom stereocenters. The van der Waals surface area contributed by atoms with Crippen LogP contribution in [-0.4, -0.2) is 15.8 Å². The van der Waals surface area contributed by atoms with Crippen LogP contribution in [0.5, 0.6) is 5.75 Å². The molecule has 5 atom stereocenters. The molecule has 2 heteroatoms. The van der Waals surface area contributed by atoms with Gasteiger partial charge in [0, 0.05) is 5.41 Å². The number of fused-ring (bicyclic) bond motifs is 5. The van der Waals surface area contributed by atoms with Gasteiger partial charge in [0.15, 0.2) is 0 Å². The fraction of sp³-hybridized carbons (Fsp3) is 0.619. The van der Waals surface area contributed by atoms with Crippen LogP contribution in [-0.2, 0) is 6.42 Å². The van der Waals surface area contributed by atoms with Crippen molar-refractivity contribution in [2.45, 2.75) is 63.9 Å². The van der Waals surface area contributed by atoms with Gasteiger partial charge in [-0.1, -0.05) is 12.8 Å². The maximum absolute atomic E-state index is 11.0. The summed E-state index contributed by atoms with van der Waals surface area (Å²) in [6.07, 6.45) is 11.8. The molecule has 0 bridgehead atoms. The molecule has 3 aliphatic rings. The zero-order valence-electron chi connectivity index (χ0n) is 14.1. The average Bonchev–Trinajstić information content (AvgIpc) is 2.79. The van der Waals surface area contributed by atoms with Crippen LogP contribution in [0.15, 0.2) is 12.1 Å². The van der Waals surface area contributed by atoms with Crippen LogP contribution >= 0.6 is 0 Å². The molecular weight excluding hydrogens is 284 g/mol. The van der Waals surface area contributed by atoms with Gasteiger partial charge in [-0.2, -0.15) is 0 Å². The smallest absolute Gasteiger partial charge is 0.130 e. The molecule has 1 aromatic rings. The van der Waals surface area contributed by atoms with E-state index in [1.807, 2.05) is 12.1 Å². The molecule has 0 saturated heterocycles. The van der Waals surface area contributed by atoms with Crippen molar-refractivity contribution in [3.05, 3.63) is 28.8 Å². The number of rotatable bonds is 0. The molecule has 0 radical (unpaired) electrons. The lowest BCUT2D eigenvalue weighted by molar-refractivity contribution is -0.0647. The van der Waals surface area contributed by atoms with E-state index in [9.17, 15) is 10.2 Å². The Balaban J connectivity index is 1.75. The highest BCUT2D eigenvalue weighted by Crippen LogP contribution is 2.64. The van der Waals surface area contributed by atoms with Crippen LogP contribution < -0.4 is 0 Å². The van der Waals surface area contributed by atoms with Gasteiger partial charge in [-0.25, -0.2) is 0 Å². The van der Waals surface area contributed by atoms with Crippen molar-refractivity contribution in [1.82, 2.24) is 0 Å². The van der Waals surface area contributed by atoms with Crippen molar-refractivity contribution >= 4 is 0 Å². The molecule has 2 saturated carbocycles. The standard InChI is InChI=1S/C21H26O2/c1-4-21(23)10-8-18-16-6-5-14-12-15(22)11-13(2)19(14)17(16)7-9-20(18,21)3/h1,11-12,16-18,22-23H,5-10H2,2-3H3/t16-,17-,18+,20-,21-/m1/s1. The molecular formula is C21H26O2. The first-order chi connectivity index (χ1) is 10.9. The van der Waals surface area contributed by atoms with Gasteiger partial charge < -0.3 is 10.2 Å². The van der Waals surface area contributed by atoms with E-state index in [-0.39, 0.29) is 5.41 Å². The summed E-state index contributed by atoms with van der Waals surface area (Å²) >= 11 is 0. The predicted octanol–water partition coefficient (Wildman–Crippen LogP) is 3.92. The zero-order chi connectivity index (χ0) is 16.4. The Morgan fingerprint density at radius 1 is 1.22 bits per heavy atom. The van der Waals surface area contributed by atoms with Gasteiger partial charge in [0.1, 0.15) is 11.4 Å². The normalized spacial score (nSPS) is 41.6. The molecule has 23 heavy (non-hydrogen) atoms. The second kappa shape index (κ2) is 4.77. The number of hydrogen-bond donors (Lipinski definition) is 2. The quantitative estimate of drug-likeness (QED) is 0.713. The minimum atomic E-state index is -0.924. The molecule has 4 rings (SSSR count). The lowest BCUT2D eigenvalue weighted by atomic mass is 9.53. The highest BCUT2D eigenvalue weighted by atomic mass is 16.3. The van der Waals surface area contributed by atoms with Crippen LogP contribution in [0.4, 0.5) is 0 Å². The number of terminal acetylenes is 1.